The molecule has 0 saturated carbocycles. The molecular formula is C16H10O11S. The first-order valence-corrected chi connectivity index (χ1v) is 8.12. The first kappa shape index (κ1) is 20.5. The maximum absolute atomic E-state index is 12.3. The van der Waals surface area contributed by atoms with E-state index in [1.165, 1.54) is 0 Å². The molecule has 1 atom stereocenters. The Bertz CT molecular complexity index is 1010. The summed E-state index contributed by atoms with van der Waals surface area (Å²) in [7, 11) is 0. The van der Waals surface area contributed by atoms with Gasteiger partial charge in [-0.15, -0.1) is 0 Å². The van der Waals surface area contributed by atoms with Gasteiger partial charge < -0.3 is 24.2 Å². The Labute approximate surface area is 158 Å². The summed E-state index contributed by atoms with van der Waals surface area (Å²) in [6, 6.07) is 5.53. The number of rotatable bonds is 7. The van der Waals surface area contributed by atoms with Gasteiger partial charge in [-0.2, -0.15) is 4.21 Å². The lowest BCUT2D eigenvalue weighted by molar-refractivity contribution is 0.0648. The Morgan fingerprint density at radius 2 is 1.18 bits per heavy atom. The lowest BCUT2D eigenvalue weighted by Crippen LogP contribution is -2.15. The standard InChI is InChI=1S/C16H10O11S/c17-13(18)9-3-1-7(5-11(9)15(21)22)26-16(23)12-6-8(27-28(24)25)2-4-10(12)14(19)20/h1-6H,(H,17,18)(H,19,20)(H,21,22)(H,24,25). The third kappa shape index (κ3) is 4.69. The van der Waals surface area contributed by atoms with Crippen LogP contribution in [0.4, 0.5) is 0 Å². The van der Waals surface area contributed by atoms with E-state index in [0.717, 1.165) is 36.4 Å². The quantitative estimate of drug-likeness (QED) is 0.294. The Morgan fingerprint density at radius 1 is 0.714 bits per heavy atom. The fourth-order valence-corrected chi connectivity index (χ4v) is 2.39. The Hall–Kier alpha value is -3.77. The second-order valence-corrected chi connectivity index (χ2v) is 5.62. The van der Waals surface area contributed by atoms with Crippen LogP contribution in [0.1, 0.15) is 41.4 Å². The molecule has 0 aliphatic carbocycles. The van der Waals surface area contributed by atoms with E-state index in [1.54, 1.807) is 0 Å². The first-order valence-electron chi connectivity index (χ1n) is 7.09. The highest BCUT2D eigenvalue weighted by Crippen LogP contribution is 2.23. The molecule has 2 aromatic rings. The van der Waals surface area contributed by atoms with Crippen LogP contribution in [0.15, 0.2) is 36.4 Å². The van der Waals surface area contributed by atoms with E-state index in [9.17, 15) is 23.4 Å². The average Bonchev–Trinajstić information content (AvgIpc) is 2.60. The lowest BCUT2D eigenvalue weighted by atomic mass is 10.1. The third-order valence-electron chi connectivity index (χ3n) is 3.27. The van der Waals surface area contributed by atoms with Gasteiger partial charge in [0.05, 0.1) is 22.3 Å². The molecule has 4 N–H and O–H groups in total. The molecule has 0 aromatic heterocycles. The number of carbonyl (C=O) groups is 4. The Balaban J connectivity index is 2.42. The zero-order valence-electron chi connectivity index (χ0n) is 13.5. The van der Waals surface area contributed by atoms with Gasteiger partial charge in [0, 0.05) is 0 Å². The highest BCUT2D eigenvalue weighted by Gasteiger charge is 2.22. The summed E-state index contributed by atoms with van der Waals surface area (Å²) in [6.07, 6.45) is 0. The van der Waals surface area contributed by atoms with Gasteiger partial charge in [0.2, 0.25) is 0 Å². The van der Waals surface area contributed by atoms with Crippen molar-refractivity contribution in [1.82, 2.24) is 0 Å². The van der Waals surface area contributed by atoms with Crippen LogP contribution < -0.4 is 8.92 Å². The van der Waals surface area contributed by atoms with Gasteiger partial charge in [-0.3, -0.25) is 4.55 Å². The van der Waals surface area contributed by atoms with E-state index < -0.39 is 57.5 Å². The molecule has 12 heteroatoms. The van der Waals surface area contributed by atoms with Gasteiger partial charge in [0.15, 0.2) is 0 Å². The summed E-state index contributed by atoms with van der Waals surface area (Å²) >= 11 is -2.73. The monoisotopic (exact) mass is 410 g/mol. The minimum atomic E-state index is -2.73. The van der Waals surface area contributed by atoms with Crippen molar-refractivity contribution in [2.75, 3.05) is 0 Å². The number of hydrogen-bond donors (Lipinski definition) is 4. The van der Waals surface area contributed by atoms with Crippen LogP contribution in [0.2, 0.25) is 0 Å². The largest absolute Gasteiger partial charge is 0.478 e. The molecule has 1 unspecified atom stereocenters. The van der Waals surface area contributed by atoms with Crippen molar-refractivity contribution in [3.63, 3.8) is 0 Å². The zero-order valence-corrected chi connectivity index (χ0v) is 14.3. The normalized spacial score (nSPS) is 11.3. The summed E-state index contributed by atoms with van der Waals surface area (Å²) < 4.78 is 28.8. The minimum absolute atomic E-state index is 0.301. The van der Waals surface area contributed by atoms with Gasteiger partial charge >= 0.3 is 35.2 Å². The van der Waals surface area contributed by atoms with Crippen LogP contribution in [-0.4, -0.2) is 48.0 Å². The number of ether oxygens (including phenoxy) is 1. The number of benzene rings is 2. The summed E-state index contributed by atoms with van der Waals surface area (Å²) in [5.74, 6) is -6.50. The van der Waals surface area contributed by atoms with Crippen molar-refractivity contribution in [1.29, 1.82) is 0 Å². The number of hydrogen-bond acceptors (Lipinski definition) is 7. The average molecular weight is 410 g/mol. The van der Waals surface area contributed by atoms with Crippen molar-refractivity contribution in [2.24, 2.45) is 0 Å². The molecule has 146 valence electrons. The van der Waals surface area contributed by atoms with Crippen molar-refractivity contribution in [2.45, 2.75) is 0 Å². The second kappa shape index (κ2) is 8.28. The first-order chi connectivity index (χ1) is 13.1. The fourth-order valence-electron chi connectivity index (χ4n) is 2.13. The second-order valence-electron chi connectivity index (χ2n) is 5.02. The molecule has 0 heterocycles. The smallest absolute Gasteiger partial charge is 0.357 e. The molecule has 11 nitrogen and oxygen atoms in total. The predicted molar refractivity (Wildman–Crippen MR) is 90.1 cm³/mol. The molecule has 0 fully saturated rings. The van der Waals surface area contributed by atoms with Crippen molar-refractivity contribution in [3.8, 4) is 11.5 Å². The van der Waals surface area contributed by atoms with Gasteiger partial charge in [0.25, 0.3) is 0 Å². The molecular weight excluding hydrogens is 400 g/mol. The van der Waals surface area contributed by atoms with E-state index in [1.807, 2.05) is 0 Å². The maximum Gasteiger partial charge on any atom is 0.357 e. The Kier molecular flexibility index (Phi) is 6.08. The molecule has 0 aliphatic rings. The molecule has 0 radical (unpaired) electrons. The predicted octanol–water partition coefficient (Wildman–Crippen LogP) is 1.52. The van der Waals surface area contributed by atoms with Crippen LogP contribution in [0.3, 0.4) is 0 Å². The van der Waals surface area contributed by atoms with E-state index in [4.69, 9.17) is 24.6 Å². The Morgan fingerprint density at radius 3 is 1.68 bits per heavy atom. The van der Waals surface area contributed by atoms with Gasteiger partial charge in [-0.1, -0.05) is 0 Å². The number of carbonyl (C=O) groups excluding carboxylic acids is 1. The minimum Gasteiger partial charge on any atom is -0.478 e. The van der Waals surface area contributed by atoms with E-state index >= 15 is 0 Å². The molecule has 0 aliphatic heterocycles. The maximum atomic E-state index is 12.3. The van der Waals surface area contributed by atoms with E-state index in [0.29, 0.717) is 0 Å². The number of aromatic carboxylic acids is 3. The third-order valence-corrected chi connectivity index (χ3v) is 3.61. The molecule has 28 heavy (non-hydrogen) atoms. The van der Waals surface area contributed by atoms with Crippen LogP contribution >= 0.6 is 0 Å². The van der Waals surface area contributed by atoms with Crippen molar-refractivity contribution in [3.05, 3.63) is 58.7 Å². The summed E-state index contributed by atoms with van der Waals surface area (Å²) in [6.45, 7) is 0. The highest BCUT2D eigenvalue weighted by atomic mass is 32.2. The topological polar surface area (TPSA) is 185 Å². The van der Waals surface area contributed by atoms with Crippen LogP contribution in [0, 0.1) is 0 Å². The highest BCUT2D eigenvalue weighted by molar-refractivity contribution is 7.74. The molecule has 2 rings (SSSR count). The SMILES string of the molecule is O=C(O)c1ccc(OC(=O)c2cc(OS(=O)O)ccc2C(=O)O)cc1C(=O)O. The van der Waals surface area contributed by atoms with Gasteiger partial charge in [-0.05, 0) is 36.4 Å². The molecule has 0 bridgehead atoms. The fraction of sp³-hybridized carbons (Fsp3) is 0. The van der Waals surface area contributed by atoms with Crippen LogP contribution in [0.5, 0.6) is 11.5 Å². The van der Waals surface area contributed by atoms with E-state index in [-0.39, 0.29) is 11.5 Å². The molecule has 0 saturated heterocycles. The van der Waals surface area contributed by atoms with Gasteiger partial charge in [0.1, 0.15) is 11.5 Å². The summed E-state index contributed by atoms with van der Waals surface area (Å²) in [5, 5.41) is 27.2. The van der Waals surface area contributed by atoms with Crippen molar-refractivity contribution < 1.29 is 52.2 Å². The van der Waals surface area contributed by atoms with E-state index in [2.05, 4.69) is 4.18 Å². The summed E-state index contributed by atoms with van der Waals surface area (Å²) in [4.78, 5) is 45.8. The molecule has 0 spiro atoms. The number of esters is 1. The number of carboxylic acid groups (broad SMARTS) is 3. The number of carboxylic acids is 3. The lowest BCUT2D eigenvalue weighted by Gasteiger charge is -2.10. The summed E-state index contributed by atoms with van der Waals surface area (Å²) in [5.41, 5.74) is -2.25. The van der Waals surface area contributed by atoms with Crippen LogP contribution in [-0.2, 0) is 11.4 Å². The van der Waals surface area contributed by atoms with Crippen molar-refractivity contribution >= 4 is 35.2 Å². The molecule has 2 aromatic carbocycles. The van der Waals surface area contributed by atoms with Crippen LogP contribution in [0.25, 0.3) is 0 Å². The molecule has 0 amide bonds. The zero-order chi connectivity index (χ0) is 21.0. The van der Waals surface area contributed by atoms with Gasteiger partial charge in [-0.25, -0.2) is 19.2 Å².